The molecule has 1 aromatic carbocycles. The predicted octanol–water partition coefficient (Wildman–Crippen LogP) is 3.83. The molecule has 0 bridgehead atoms. The first-order valence-corrected chi connectivity index (χ1v) is 12.7. The van der Waals surface area contributed by atoms with Crippen LogP contribution in [-0.4, -0.2) is 59.2 Å². The topological polar surface area (TPSA) is 90.8 Å². The molecule has 2 aliphatic heterocycles. The van der Waals surface area contributed by atoms with E-state index in [2.05, 4.69) is 45.5 Å². The van der Waals surface area contributed by atoms with E-state index in [1.54, 1.807) is 30.4 Å². The van der Waals surface area contributed by atoms with Crippen LogP contribution >= 0.6 is 0 Å². The fourth-order valence-electron chi connectivity index (χ4n) is 5.11. The number of benzene rings is 1. The van der Waals surface area contributed by atoms with Crippen molar-refractivity contribution < 1.29 is 9.59 Å². The number of aromatic nitrogens is 2. The summed E-state index contributed by atoms with van der Waals surface area (Å²) in [4.78, 5) is 36.6. The van der Waals surface area contributed by atoms with Crippen LogP contribution in [0.5, 0.6) is 0 Å². The second kappa shape index (κ2) is 10.4. The van der Waals surface area contributed by atoms with Crippen LogP contribution in [0.25, 0.3) is 11.3 Å². The molecule has 8 nitrogen and oxygen atoms in total. The summed E-state index contributed by atoms with van der Waals surface area (Å²) in [5.74, 6) is 1.11. The number of allylic oxidation sites excluding steroid dienone is 2. The molecule has 2 atom stereocenters. The van der Waals surface area contributed by atoms with Gasteiger partial charge < -0.3 is 10.2 Å². The number of rotatable bonds is 5. The summed E-state index contributed by atoms with van der Waals surface area (Å²) >= 11 is 0. The van der Waals surface area contributed by atoms with Gasteiger partial charge in [0.15, 0.2) is 0 Å². The number of piperidine rings is 1. The van der Waals surface area contributed by atoms with Gasteiger partial charge in [0.1, 0.15) is 0 Å². The van der Waals surface area contributed by atoms with E-state index < -0.39 is 0 Å². The number of nitrogens with zero attached hydrogens (tertiary/aromatic N) is 5. The zero-order valence-corrected chi connectivity index (χ0v) is 20.8. The van der Waals surface area contributed by atoms with Crippen LogP contribution in [0.4, 0.5) is 5.95 Å². The van der Waals surface area contributed by atoms with Gasteiger partial charge in [0.05, 0.1) is 11.7 Å². The predicted molar refractivity (Wildman–Crippen MR) is 141 cm³/mol. The molecule has 1 aliphatic carbocycles. The molecule has 5 rings (SSSR count). The van der Waals surface area contributed by atoms with Crippen molar-refractivity contribution in [3.05, 3.63) is 65.9 Å². The number of carbonyl (C=O) groups is 2. The van der Waals surface area contributed by atoms with E-state index in [1.165, 1.54) is 5.57 Å². The Hall–Kier alpha value is -3.81. The minimum absolute atomic E-state index is 0.0179. The quantitative estimate of drug-likeness (QED) is 0.697. The molecule has 1 N–H and O–H groups in total. The van der Waals surface area contributed by atoms with E-state index in [-0.39, 0.29) is 23.8 Å². The Balaban J connectivity index is 1.22. The molecular weight excluding hydrogens is 452 g/mol. The lowest BCUT2D eigenvalue weighted by Crippen LogP contribution is -2.43. The standard InChI is InChI=1S/C28H32N6O2/c1-19-4-3-5-23(18-19)25-11-15-31-34(25)27(36)22-12-16-33(17-13-22)28-30-14-10-24(32-28)20-6-8-21(9-7-20)26(35)29-2/h3,5-10,14-15,18-19,22,25H,4,11-13,16-17H2,1-2H3,(H,29,35). The van der Waals surface area contributed by atoms with E-state index in [1.807, 2.05) is 24.4 Å². The van der Waals surface area contributed by atoms with Crippen molar-refractivity contribution in [3.8, 4) is 11.3 Å². The highest BCUT2D eigenvalue weighted by Crippen LogP contribution is 2.30. The summed E-state index contributed by atoms with van der Waals surface area (Å²) in [6.45, 7) is 3.65. The molecule has 1 fully saturated rings. The van der Waals surface area contributed by atoms with E-state index in [0.717, 1.165) is 50.0 Å². The Kier molecular flexibility index (Phi) is 6.93. The van der Waals surface area contributed by atoms with Crippen LogP contribution in [0.15, 0.2) is 65.4 Å². The molecule has 2 unspecified atom stereocenters. The van der Waals surface area contributed by atoms with Crippen molar-refractivity contribution in [2.45, 2.75) is 38.6 Å². The molecule has 0 spiro atoms. The van der Waals surface area contributed by atoms with Crippen molar-refractivity contribution in [2.75, 3.05) is 25.0 Å². The molecule has 3 aliphatic rings. The van der Waals surface area contributed by atoms with E-state index >= 15 is 0 Å². The van der Waals surface area contributed by atoms with Gasteiger partial charge in [0.25, 0.3) is 5.91 Å². The monoisotopic (exact) mass is 484 g/mol. The van der Waals surface area contributed by atoms with Gasteiger partial charge >= 0.3 is 0 Å². The third kappa shape index (κ3) is 4.94. The maximum atomic E-state index is 13.4. The smallest absolute Gasteiger partial charge is 0.251 e. The molecule has 1 aromatic heterocycles. The van der Waals surface area contributed by atoms with E-state index in [4.69, 9.17) is 4.98 Å². The van der Waals surface area contributed by atoms with Crippen LogP contribution in [0.2, 0.25) is 0 Å². The number of carbonyl (C=O) groups excluding carboxylic acids is 2. The fraction of sp³-hybridized carbons (Fsp3) is 0.393. The van der Waals surface area contributed by atoms with Crippen LogP contribution in [0.3, 0.4) is 0 Å². The van der Waals surface area contributed by atoms with E-state index in [9.17, 15) is 9.59 Å². The number of nitrogens with one attached hydrogen (secondary N) is 1. The Bertz CT molecular complexity index is 1210. The number of hydrogen-bond acceptors (Lipinski definition) is 6. The second-order valence-electron chi connectivity index (χ2n) is 9.67. The van der Waals surface area contributed by atoms with Crippen molar-refractivity contribution in [1.29, 1.82) is 0 Å². The molecule has 0 radical (unpaired) electrons. The van der Waals surface area contributed by atoms with Crippen LogP contribution in [0.1, 0.15) is 43.0 Å². The molecule has 2 amide bonds. The molecule has 36 heavy (non-hydrogen) atoms. The van der Waals surface area contributed by atoms with Crippen LogP contribution in [-0.2, 0) is 4.79 Å². The summed E-state index contributed by atoms with van der Waals surface area (Å²) in [5.41, 5.74) is 3.54. The van der Waals surface area contributed by atoms with Gasteiger partial charge in [-0.25, -0.2) is 15.0 Å². The Morgan fingerprint density at radius 2 is 1.83 bits per heavy atom. The maximum absolute atomic E-state index is 13.4. The summed E-state index contributed by atoms with van der Waals surface area (Å²) in [7, 11) is 1.62. The lowest BCUT2D eigenvalue weighted by atomic mass is 9.91. The van der Waals surface area contributed by atoms with Crippen molar-refractivity contribution in [1.82, 2.24) is 20.3 Å². The summed E-state index contributed by atoms with van der Waals surface area (Å²) < 4.78 is 0. The largest absolute Gasteiger partial charge is 0.355 e. The minimum atomic E-state index is -0.116. The highest BCUT2D eigenvalue weighted by Gasteiger charge is 2.35. The number of amides is 2. The van der Waals surface area contributed by atoms with Gasteiger partial charge in [0.2, 0.25) is 11.9 Å². The van der Waals surface area contributed by atoms with Gasteiger partial charge in [-0.3, -0.25) is 9.59 Å². The van der Waals surface area contributed by atoms with Crippen LogP contribution in [0, 0.1) is 11.8 Å². The zero-order valence-electron chi connectivity index (χ0n) is 20.8. The maximum Gasteiger partial charge on any atom is 0.251 e. The molecule has 3 heterocycles. The Morgan fingerprint density at radius 1 is 1.06 bits per heavy atom. The van der Waals surface area contributed by atoms with Crippen molar-refractivity contribution in [2.24, 2.45) is 16.9 Å². The van der Waals surface area contributed by atoms with Crippen molar-refractivity contribution in [3.63, 3.8) is 0 Å². The SMILES string of the molecule is CNC(=O)c1ccc(-c2ccnc(N3CCC(C(=O)N4N=CCC4C4=CC(C)CC=C4)CC3)n2)cc1. The number of hydrogen-bond donors (Lipinski definition) is 1. The van der Waals surface area contributed by atoms with Gasteiger partial charge in [0, 0.05) is 56.0 Å². The second-order valence-corrected chi connectivity index (χ2v) is 9.67. The molecule has 186 valence electrons. The lowest BCUT2D eigenvalue weighted by molar-refractivity contribution is -0.137. The first-order valence-electron chi connectivity index (χ1n) is 12.7. The first kappa shape index (κ1) is 23.9. The summed E-state index contributed by atoms with van der Waals surface area (Å²) in [6.07, 6.45) is 13.6. The molecule has 2 aromatic rings. The fourth-order valence-corrected chi connectivity index (χ4v) is 5.11. The minimum Gasteiger partial charge on any atom is -0.355 e. The third-order valence-corrected chi connectivity index (χ3v) is 7.18. The average Bonchev–Trinajstić information content (AvgIpc) is 3.43. The normalized spacial score (nSPS) is 22.0. The van der Waals surface area contributed by atoms with Gasteiger partial charge in [-0.05, 0) is 49.0 Å². The third-order valence-electron chi connectivity index (χ3n) is 7.18. The average molecular weight is 485 g/mol. The first-order chi connectivity index (χ1) is 17.5. The zero-order chi connectivity index (χ0) is 25.1. The summed E-state index contributed by atoms with van der Waals surface area (Å²) in [6, 6.07) is 9.26. The lowest BCUT2D eigenvalue weighted by Gasteiger charge is -2.34. The van der Waals surface area contributed by atoms with Gasteiger partial charge in [-0.1, -0.05) is 37.3 Å². The Morgan fingerprint density at radius 3 is 2.56 bits per heavy atom. The van der Waals surface area contributed by atoms with Gasteiger partial charge in [-0.2, -0.15) is 5.10 Å². The highest BCUT2D eigenvalue weighted by molar-refractivity contribution is 5.94. The molecule has 8 heteroatoms. The Labute approximate surface area is 211 Å². The van der Waals surface area contributed by atoms with Gasteiger partial charge in [-0.15, -0.1) is 0 Å². The molecular formula is C28H32N6O2. The van der Waals surface area contributed by atoms with Crippen LogP contribution < -0.4 is 10.2 Å². The van der Waals surface area contributed by atoms with Crippen molar-refractivity contribution >= 4 is 24.0 Å². The van der Waals surface area contributed by atoms with E-state index in [0.29, 0.717) is 17.4 Å². The number of anilines is 1. The molecule has 1 saturated heterocycles. The highest BCUT2D eigenvalue weighted by atomic mass is 16.2. The number of hydrazone groups is 1. The summed E-state index contributed by atoms with van der Waals surface area (Å²) in [5, 5.41) is 8.81. The molecule has 0 saturated carbocycles.